The number of ether oxygens (including phenoxy) is 5. The van der Waals surface area contributed by atoms with Crippen molar-refractivity contribution in [1.29, 1.82) is 0 Å². The number of hydrogen-bond acceptors (Lipinski definition) is 19. The Bertz CT molecular complexity index is 1640. The molecule has 0 aliphatic carbocycles. The van der Waals surface area contributed by atoms with Crippen molar-refractivity contribution >= 4 is 53.4 Å². The molecule has 0 aromatic heterocycles. The van der Waals surface area contributed by atoms with E-state index in [0.29, 0.717) is 0 Å². The summed E-state index contributed by atoms with van der Waals surface area (Å²) in [5.41, 5.74) is 10.6. The van der Waals surface area contributed by atoms with Gasteiger partial charge >= 0.3 is 17.9 Å². The average molecular weight is 910 g/mol. The topological polar surface area (TPSA) is 433 Å². The molecule has 15 atom stereocenters. The monoisotopic (exact) mass is 909 g/mol. The van der Waals surface area contributed by atoms with E-state index in [9.17, 15) is 73.8 Å². The van der Waals surface area contributed by atoms with E-state index >= 15 is 0 Å². The lowest BCUT2D eigenvalue weighted by Crippen LogP contribution is -2.70. The molecule has 27 nitrogen and oxygen atoms in total. The van der Waals surface area contributed by atoms with Crippen LogP contribution in [0.25, 0.3) is 0 Å². The molecule has 63 heavy (non-hydrogen) atoms. The fraction of sp³-hybridized carbons (Fsp3) is 0.750. The van der Waals surface area contributed by atoms with Gasteiger partial charge in [-0.15, -0.1) is 0 Å². The number of amides is 6. The van der Waals surface area contributed by atoms with Crippen molar-refractivity contribution in [3.05, 3.63) is 0 Å². The van der Waals surface area contributed by atoms with Crippen molar-refractivity contribution in [2.75, 3.05) is 13.2 Å². The smallest absolute Gasteiger partial charge is 0.326 e. The van der Waals surface area contributed by atoms with Gasteiger partial charge in [-0.05, 0) is 39.5 Å². The second-order valence-electron chi connectivity index (χ2n) is 14.9. The minimum Gasteiger partial charge on any atom is -0.480 e. The van der Waals surface area contributed by atoms with Gasteiger partial charge in [-0.3, -0.25) is 33.6 Å². The molecule has 15 N–H and O–H groups in total. The van der Waals surface area contributed by atoms with Crippen LogP contribution in [-0.4, -0.2) is 189 Å². The molecule has 2 aliphatic heterocycles. The molecule has 0 saturated carbocycles. The summed E-state index contributed by atoms with van der Waals surface area (Å²) in [5, 5.41) is 73.5. The van der Waals surface area contributed by atoms with Gasteiger partial charge in [0.2, 0.25) is 35.4 Å². The molecule has 2 saturated heterocycles. The predicted molar refractivity (Wildman–Crippen MR) is 207 cm³/mol. The molecular formula is C36H59N7O20. The molecule has 0 aromatic rings. The largest absolute Gasteiger partial charge is 0.480 e. The van der Waals surface area contributed by atoms with Crippen molar-refractivity contribution < 1.29 is 97.5 Å². The lowest BCUT2D eigenvalue weighted by atomic mass is 9.94. The number of carboxylic acid groups (broad SMARTS) is 2. The Morgan fingerprint density at radius 1 is 0.730 bits per heavy atom. The van der Waals surface area contributed by atoms with Crippen LogP contribution >= 0.6 is 0 Å². The quantitative estimate of drug-likeness (QED) is 0.0400. The molecule has 0 aromatic carbocycles. The van der Waals surface area contributed by atoms with E-state index in [1.54, 1.807) is 0 Å². The van der Waals surface area contributed by atoms with Crippen LogP contribution in [0.2, 0.25) is 0 Å². The van der Waals surface area contributed by atoms with Crippen molar-refractivity contribution in [1.82, 2.24) is 26.6 Å². The lowest BCUT2D eigenvalue weighted by molar-refractivity contribution is -0.333. The molecular weight excluding hydrogens is 850 g/mol. The summed E-state index contributed by atoms with van der Waals surface area (Å²) in [4.78, 5) is 110. The summed E-state index contributed by atoms with van der Waals surface area (Å²) >= 11 is 0. The SMILES string of the molecule is CC(=O)NC1C(OC2C(CO)OC(O)C(NC(C)=O)C2OC(C)C(=O)NC(C)C(=O)NC(CCC(=O)NC(CCCC(N)C(N)=O)C(=O)O)C(=O)O)OC(COC(C)=O)C(O)C1O. The number of carbonyl (C=O) groups is 9. The second-order valence-corrected chi connectivity index (χ2v) is 14.9. The van der Waals surface area contributed by atoms with Crippen molar-refractivity contribution in [3.8, 4) is 0 Å². The zero-order valence-electron chi connectivity index (χ0n) is 35.2. The normalized spacial score (nSPS) is 28.1. The number of aliphatic hydroxyl groups is 4. The van der Waals surface area contributed by atoms with Crippen LogP contribution in [0.1, 0.15) is 66.7 Å². The molecule has 27 heteroatoms. The fourth-order valence-corrected chi connectivity index (χ4v) is 6.44. The molecule has 2 fully saturated rings. The van der Waals surface area contributed by atoms with E-state index in [0.717, 1.165) is 20.8 Å². The third-order valence-corrected chi connectivity index (χ3v) is 9.79. The van der Waals surface area contributed by atoms with E-state index in [4.69, 9.17) is 35.2 Å². The molecule has 2 rings (SSSR count). The molecule has 0 spiro atoms. The highest BCUT2D eigenvalue weighted by Crippen LogP contribution is 2.31. The highest BCUT2D eigenvalue weighted by atomic mass is 16.7. The number of nitrogens with two attached hydrogens (primary N) is 2. The molecule has 6 amide bonds. The van der Waals surface area contributed by atoms with Gasteiger partial charge in [0.25, 0.3) is 0 Å². The fourth-order valence-electron chi connectivity index (χ4n) is 6.44. The Morgan fingerprint density at radius 2 is 1.32 bits per heavy atom. The molecule has 2 heterocycles. The van der Waals surface area contributed by atoms with E-state index in [2.05, 4.69) is 26.6 Å². The number of carbonyl (C=O) groups excluding carboxylic acids is 7. The van der Waals surface area contributed by atoms with Gasteiger partial charge in [-0.2, -0.15) is 0 Å². The maximum atomic E-state index is 13.4. The molecule has 0 bridgehead atoms. The maximum absolute atomic E-state index is 13.4. The first-order valence-electron chi connectivity index (χ1n) is 19.7. The Labute approximate surface area is 360 Å². The Balaban J connectivity index is 2.23. The highest BCUT2D eigenvalue weighted by molar-refractivity contribution is 5.91. The van der Waals surface area contributed by atoms with Gasteiger partial charge in [0.05, 0.1) is 12.6 Å². The summed E-state index contributed by atoms with van der Waals surface area (Å²) in [6, 6.07) is -8.68. The summed E-state index contributed by atoms with van der Waals surface area (Å²) < 4.78 is 28.3. The molecule has 15 unspecified atom stereocenters. The van der Waals surface area contributed by atoms with Gasteiger partial charge in [0.15, 0.2) is 12.6 Å². The molecule has 2 aliphatic rings. The van der Waals surface area contributed by atoms with E-state index in [1.807, 2.05) is 0 Å². The standard InChI is InChI=1S/C36H59N7O20/c1-13(31(52)43-20(34(56)57)9-10-23(48)42-19(33(54)55)8-6-7-18(37)30(38)51)39-32(53)14(2)60-29-25(41-16(4)46)35(58)61-21(11-44)28(29)63-36-24(40-15(3)45)27(50)26(49)22(62-36)12-59-17(5)47/h13-14,18-22,24-29,35-36,44,49-50,58H,6-12,37H2,1-5H3,(H2,38,51)(H,39,53)(H,40,45)(H,41,46)(H,42,48)(H,43,52)(H,54,55)(H,56,57). The summed E-state index contributed by atoms with van der Waals surface area (Å²) in [5.74, 6) is -8.93. The van der Waals surface area contributed by atoms with Gasteiger partial charge in [-0.1, -0.05) is 0 Å². The van der Waals surface area contributed by atoms with Gasteiger partial charge < -0.3 is 92.4 Å². The van der Waals surface area contributed by atoms with Crippen LogP contribution in [0.15, 0.2) is 0 Å². The van der Waals surface area contributed by atoms with Crippen LogP contribution < -0.4 is 38.1 Å². The maximum Gasteiger partial charge on any atom is 0.326 e. The van der Waals surface area contributed by atoms with Crippen LogP contribution in [0.5, 0.6) is 0 Å². The van der Waals surface area contributed by atoms with Crippen LogP contribution in [-0.2, 0) is 66.8 Å². The number of hydrogen-bond donors (Lipinski definition) is 13. The first-order valence-corrected chi connectivity index (χ1v) is 19.7. The summed E-state index contributed by atoms with van der Waals surface area (Å²) in [6.45, 7) is 4.09. The van der Waals surface area contributed by atoms with Crippen LogP contribution in [0.4, 0.5) is 0 Å². The molecule has 358 valence electrons. The zero-order valence-corrected chi connectivity index (χ0v) is 35.2. The lowest BCUT2D eigenvalue weighted by Gasteiger charge is -2.48. The second kappa shape index (κ2) is 25.2. The van der Waals surface area contributed by atoms with E-state index in [1.165, 1.54) is 13.8 Å². The van der Waals surface area contributed by atoms with Crippen LogP contribution in [0.3, 0.4) is 0 Å². The van der Waals surface area contributed by atoms with E-state index < -0.39 is 171 Å². The van der Waals surface area contributed by atoms with Gasteiger partial charge in [0.1, 0.15) is 79.5 Å². The summed E-state index contributed by atoms with van der Waals surface area (Å²) in [7, 11) is 0. The number of aliphatic hydroxyl groups excluding tert-OH is 4. The van der Waals surface area contributed by atoms with Crippen LogP contribution in [0, 0.1) is 0 Å². The number of aliphatic carboxylic acids is 2. The Kier molecular flexibility index (Phi) is 21.6. The Hall–Kier alpha value is -5.13. The zero-order chi connectivity index (χ0) is 47.9. The number of carboxylic acids is 2. The van der Waals surface area contributed by atoms with Crippen molar-refractivity contribution in [2.24, 2.45) is 11.5 Å². The number of primary amides is 1. The highest BCUT2D eigenvalue weighted by Gasteiger charge is 2.53. The van der Waals surface area contributed by atoms with Gasteiger partial charge in [-0.25, -0.2) is 9.59 Å². The minimum absolute atomic E-state index is 0.0499. The van der Waals surface area contributed by atoms with Gasteiger partial charge in [0, 0.05) is 27.2 Å². The number of esters is 1. The third-order valence-electron chi connectivity index (χ3n) is 9.79. The molecule has 0 radical (unpaired) electrons. The number of rotatable bonds is 24. The Morgan fingerprint density at radius 3 is 1.86 bits per heavy atom. The van der Waals surface area contributed by atoms with E-state index in [-0.39, 0.29) is 19.3 Å². The first kappa shape index (κ1) is 54.0. The predicted octanol–water partition coefficient (Wildman–Crippen LogP) is -6.72. The average Bonchev–Trinajstić information content (AvgIpc) is 3.19. The number of nitrogens with one attached hydrogen (secondary N) is 5. The first-order chi connectivity index (χ1) is 29.4. The minimum atomic E-state index is -1.91. The summed E-state index contributed by atoms with van der Waals surface area (Å²) in [6.07, 6.45) is -16.1. The van der Waals surface area contributed by atoms with Crippen molar-refractivity contribution in [3.63, 3.8) is 0 Å². The third kappa shape index (κ3) is 16.8. The van der Waals surface area contributed by atoms with Crippen molar-refractivity contribution in [2.45, 2.75) is 158 Å².